The first kappa shape index (κ1) is 14.1. The predicted octanol–water partition coefficient (Wildman–Crippen LogP) is -2.20. The summed E-state index contributed by atoms with van der Waals surface area (Å²) >= 11 is 0. The molecule has 6 nitrogen and oxygen atoms in total. The molecular formula is C5H14NO5P. The molecule has 0 aromatic carbocycles. The molecule has 0 saturated heterocycles. The van der Waals surface area contributed by atoms with Gasteiger partial charge in [0.25, 0.3) is 0 Å². The van der Waals surface area contributed by atoms with Gasteiger partial charge in [0.15, 0.2) is 0 Å². The Morgan fingerprint density at radius 2 is 1.67 bits per heavy atom. The molecule has 0 atom stereocenters. The summed E-state index contributed by atoms with van der Waals surface area (Å²) in [7, 11) is 2.27. The molecule has 0 bridgehead atoms. The Bertz CT molecular complexity index is 160. The highest BCUT2D eigenvalue weighted by molar-refractivity contribution is 7.30. The number of likely N-dealkylation sites (N-methyl/N-ethyl adjacent to an activating group) is 1. The quantitative estimate of drug-likeness (QED) is 0.388. The molecule has 0 amide bonds. The lowest BCUT2D eigenvalue weighted by molar-refractivity contribution is -0.864. The van der Waals surface area contributed by atoms with Crippen LogP contribution in [0, 0.1) is 0 Å². The van der Waals surface area contributed by atoms with Crippen LogP contribution in [0.4, 0.5) is 0 Å². The van der Waals surface area contributed by atoms with Gasteiger partial charge in [-0.15, -0.1) is 0 Å². The van der Waals surface area contributed by atoms with Crippen molar-refractivity contribution in [3.63, 3.8) is 0 Å². The molecule has 0 aromatic rings. The number of nitrogens with zero attached hydrogens (tertiary/aromatic N) is 1. The molecule has 12 heavy (non-hydrogen) atoms. The summed E-state index contributed by atoms with van der Waals surface area (Å²) in [4.78, 5) is 24.2. The summed E-state index contributed by atoms with van der Waals surface area (Å²) < 4.78 is 9.16. The maximum atomic E-state index is 9.89. The van der Waals surface area contributed by atoms with Crippen LogP contribution < -0.4 is 5.11 Å². The maximum absolute atomic E-state index is 9.89. The lowest BCUT2D eigenvalue weighted by Gasteiger charge is -2.23. The van der Waals surface area contributed by atoms with Gasteiger partial charge in [-0.2, -0.15) is 0 Å². The third kappa shape index (κ3) is 33.6. The van der Waals surface area contributed by atoms with Crippen molar-refractivity contribution in [3.05, 3.63) is 0 Å². The normalized spacial score (nSPS) is 10.5. The molecule has 2 N–H and O–H groups in total. The largest absolute Gasteiger partial charge is 0.544 e. The minimum atomic E-state index is -3.13. The Kier molecular flexibility index (Phi) is 7.22. The average molecular weight is 199 g/mol. The SMILES string of the molecule is C[N+](C)(C)CC(=O)[O-].O=[PH](O)O. The van der Waals surface area contributed by atoms with Crippen LogP contribution in [0.25, 0.3) is 0 Å². The fraction of sp³-hybridized carbons (Fsp3) is 0.800. The van der Waals surface area contributed by atoms with Crippen LogP contribution in [0.15, 0.2) is 0 Å². The van der Waals surface area contributed by atoms with Crippen LogP contribution in [0.1, 0.15) is 0 Å². The van der Waals surface area contributed by atoms with E-state index >= 15 is 0 Å². The Labute approximate surface area is 71.6 Å². The molecule has 0 saturated carbocycles. The summed E-state index contributed by atoms with van der Waals surface area (Å²) in [5.41, 5.74) is 0. The lowest BCUT2D eigenvalue weighted by atomic mass is 10.5. The molecular weight excluding hydrogens is 185 g/mol. The summed E-state index contributed by atoms with van der Waals surface area (Å²) in [6.45, 7) is 0.0694. The van der Waals surface area contributed by atoms with Crippen LogP contribution in [-0.2, 0) is 9.36 Å². The van der Waals surface area contributed by atoms with Crippen molar-refractivity contribution in [2.45, 2.75) is 0 Å². The van der Waals surface area contributed by atoms with Crippen LogP contribution in [0.5, 0.6) is 0 Å². The van der Waals surface area contributed by atoms with E-state index in [0.717, 1.165) is 0 Å². The van der Waals surface area contributed by atoms with Gasteiger partial charge in [0.1, 0.15) is 6.54 Å². The molecule has 0 aliphatic carbocycles. The van der Waals surface area contributed by atoms with E-state index in [-0.39, 0.29) is 6.54 Å². The van der Waals surface area contributed by atoms with Crippen molar-refractivity contribution in [1.29, 1.82) is 0 Å². The molecule has 0 rings (SSSR count). The monoisotopic (exact) mass is 199 g/mol. The van der Waals surface area contributed by atoms with E-state index in [0.29, 0.717) is 4.48 Å². The Morgan fingerprint density at radius 1 is 1.42 bits per heavy atom. The van der Waals surface area contributed by atoms with Gasteiger partial charge in [-0.3, -0.25) is 4.57 Å². The van der Waals surface area contributed by atoms with Gasteiger partial charge >= 0.3 is 8.25 Å². The molecule has 0 aromatic heterocycles. The standard InChI is InChI=1S/C5H11NO2.H3O3P/c1-6(2,3)4-5(7)8;1-4(2)3/h4H2,1-3H3;4H,(H2,1,2,3). The van der Waals surface area contributed by atoms with Crippen molar-refractivity contribution in [2.24, 2.45) is 0 Å². The van der Waals surface area contributed by atoms with Crippen molar-refractivity contribution in [3.8, 4) is 0 Å². The molecule has 0 radical (unpaired) electrons. The molecule has 0 heterocycles. The number of carbonyl (C=O) groups excluding carboxylic acids is 1. The number of quaternary nitrogens is 1. The number of hydrogen-bond donors (Lipinski definition) is 2. The Balaban J connectivity index is 0. The number of hydrogen-bond acceptors (Lipinski definition) is 3. The van der Waals surface area contributed by atoms with Crippen LogP contribution in [0.3, 0.4) is 0 Å². The minimum Gasteiger partial charge on any atom is -0.544 e. The summed E-state index contributed by atoms with van der Waals surface area (Å²) in [6.07, 6.45) is 0. The van der Waals surface area contributed by atoms with Gasteiger partial charge in [0.2, 0.25) is 0 Å². The zero-order valence-electron chi connectivity index (χ0n) is 7.27. The van der Waals surface area contributed by atoms with Crippen molar-refractivity contribution in [1.82, 2.24) is 0 Å². The lowest BCUT2D eigenvalue weighted by Crippen LogP contribution is -2.45. The van der Waals surface area contributed by atoms with E-state index in [1.165, 1.54) is 0 Å². The molecule has 0 spiro atoms. The first-order valence-corrected chi connectivity index (χ1v) is 4.37. The zero-order valence-corrected chi connectivity index (χ0v) is 8.27. The van der Waals surface area contributed by atoms with Crippen LogP contribution >= 0.6 is 8.25 Å². The second kappa shape index (κ2) is 6.14. The Morgan fingerprint density at radius 3 is 1.67 bits per heavy atom. The number of carboxylic acid groups (broad SMARTS) is 1. The smallest absolute Gasteiger partial charge is 0.314 e. The van der Waals surface area contributed by atoms with Crippen molar-refractivity contribution in [2.75, 3.05) is 27.7 Å². The van der Waals surface area contributed by atoms with E-state index in [1.54, 1.807) is 21.1 Å². The number of carbonyl (C=O) groups is 1. The predicted molar refractivity (Wildman–Crippen MR) is 41.3 cm³/mol. The van der Waals surface area contributed by atoms with E-state index in [4.69, 9.17) is 14.4 Å². The van der Waals surface area contributed by atoms with Crippen molar-refractivity contribution >= 4 is 14.2 Å². The third-order valence-electron chi connectivity index (χ3n) is 0.603. The fourth-order valence-electron chi connectivity index (χ4n) is 0.387. The van der Waals surface area contributed by atoms with Gasteiger partial charge in [0, 0.05) is 0 Å². The highest BCUT2D eigenvalue weighted by Gasteiger charge is 2.04. The second-order valence-corrected chi connectivity index (χ2v) is 3.67. The number of aliphatic carboxylic acids is 1. The van der Waals surface area contributed by atoms with Crippen molar-refractivity contribution < 1.29 is 28.7 Å². The van der Waals surface area contributed by atoms with Gasteiger partial charge in [-0.05, 0) is 0 Å². The van der Waals surface area contributed by atoms with Gasteiger partial charge in [-0.25, -0.2) is 0 Å². The molecule has 0 unspecified atom stereocenters. The summed E-state index contributed by atoms with van der Waals surface area (Å²) in [5, 5.41) is 9.89. The number of carboxylic acids is 1. The van der Waals surface area contributed by atoms with E-state index in [1.807, 2.05) is 0 Å². The van der Waals surface area contributed by atoms with E-state index in [2.05, 4.69) is 0 Å². The van der Waals surface area contributed by atoms with Crippen LogP contribution in [0.2, 0.25) is 0 Å². The zero-order chi connectivity index (χ0) is 10.4. The van der Waals surface area contributed by atoms with Gasteiger partial charge in [0.05, 0.1) is 27.1 Å². The van der Waals surface area contributed by atoms with E-state index < -0.39 is 14.2 Å². The summed E-state index contributed by atoms with van der Waals surface area (Å²) in [5.74, 6) is -1.00. The Hall–Kier alpha value is -0.420. The molecule has 74 valence electrons. The molecule has 0 fully saturated rings. The average Bonchev–Trinajstić information content (AvgIpc) is 1.52. The topological polar surface area (TPSA) is 97.7 Å². The van der Waals surface area contributed by atoms with Crippen LogP contribution in [-0.4, -0.2) is 47.9 Å². The third-order valence-corrected chi connectivity index (χ3v) is 0.603. The first-order valence-electron chi connectivity index (χ1n) is 3.07. The number of rotatable bonds is 2. The van der Waals surface area contributed by atoms with E-state index in [9.17, 15) is 9.90 Å². The molecule has 0 aliphatic rings. The first-order chi connectivity index (χ1) is 5.15. The molecule has 0 aliphatic heterocycles. The fourth-order valence-corrected chi connectivity index (χ4v) is 0.387. The highest BCUT2D eigenvalue weighted by Crippen LogP contribution is 1.98. The van der Waals surface area contributed by atoms with Gasteiger partial charge < -0.3 is 24.2 Å². The molecule has 7 heteroatoms. The summed E-state index contributed by atoms with van der Waals surface area (Å²) in [6, 6.07) is 0. The highest BCUT2D eigenvalue weighted by atomic mass is 31.1. The minimum absolute atomic E-state index is 0.0694. The van der Waals surface area contributed by atoms with Gasteiger partial charge in [-0.1, -0.05) is 0 Å². The maximum Gasteiger partial charge on any atom is 0.314 e. The second-order valence-electron chi connectivity index (χ2n) is 3.10.